The van der Waals surface area contributed by atoms with Crippen LogP contribution in [0.4, 0.5) is 5.00 Å². The van der Waals surface area contributed by atoms with Gasteiger partial charge < -0.3 is 10.3 Å². The lowest BCUT2D eigenvalue weighted by molar-refractivity contribution is 0.432. The Kier molecular flexibility index (Phi) is 3.08. The molecule has 0 unspecified atom stereocenters. The van der Waals surface area contributed by atoms with E-state index in [0.717, 1.165) is 14.9 Å². The lowest BCUT2D eigenvalue weighted by Gasteiger charge is -1.92. The van der Waals surface area contributed by atoms with Crippen molar-refractivity contribution in [3.8, 4) is 23.0 Å². The average molecular weight is 337 g/mol. The molecule has 0 spiro atoms. The summed E-state index contributed by atoms with van der Waals surface area (Å²) in [4.78, 5) is 9.65. The summed E-state index contributed by atoms with van der Waals surface area (Å²) in [6, 6.07) is 5.63. The second-order valence-electron chi connectivity index (χ2n) is 3.92. The first-order chi connectivity index (χ1) is 9.13. The summed E-state index contributed by atoms with van der Waals surface area (Å²) in [6.45, 7) is 1.98. The van der Waals surface area contributed by atoms with E-state index in [2.05, 4.69) is 31.1 Å². The number of hydrogen-bond donors (Lipinski definition) is 1. The Bertz CT molecular complexity index is 720. The highest BCUT2D eigenvalue weighted by Gasteiger charge is 2.15. The van der Waals surface area contributed by atoms with E-state index in [1.54, 1.807) is 6.20 Å². The maximum Gasteiger partial charge on any atom is 0.261 e. The van der Waals surface area contributed by atoms with Gasteiger partial charge in [-0.3, -0.25) is 4.98 Å². The van der Waals surface area contributed by atoms with Gasteiger partial charge in [-0.1, -0.05) is 5.16 Å². The summed E-state index contributed by atoms with van der Waals surface area (Å²) in [5, 5.41) is 4.61. The zero-order valence-corrected chi connectivity index (χ0v) is 12.3. The van der Waals surface area contributed by atoms with Gasteiger partial charge in [-0.2, -0.15) is 4.98 Å². The average Bonchev–Trinajstić information content (AvgIpc) is 2.97. The van der Waals surface area contributed by atoms with Crippen LogP contribution in [0.2, 0.25) is 0 Å². The second-order valence-corrected chi connectivity index (χ2v) is 6.12. The molecule has 0 aliphatic carbocycles. The molecule has 96 valence electrons. The Morgan fingerprint density at radius 1 is 1.37 bits per heavy atom. The Morgan fingerprint density at radius 2 is 2.21 bits per heavy atom. The van der Waals surface area contributed by atoms with Gasteiger partial charge in [0.25, 0.3) is 5.89 Å². The van der Waals surface area contributed by atoms with Crippen LogP contribution in [0.25, 0.3) is 23.0 Å². The van der Waals surface area contributed by atoms with Gasteiger partial charge in [-0.05, 0) is 41.1 Å². The number of hydrogen-bond acceptors (Lipinski definition) is 6. The van der Waals surface area contributed by atoms with Crippen molar-refractivity contribution < 1.29 is 4.52 Å². The van der Waals surface area contributed by atoms with Gasteiger partial charge in [-0.25, -0.2) is 0 Å². The third-order valence-corrected chi connectivity index (χ3v) is 3.85. The lowest BCUT2D eigenvalue weighted by atomic mass is 10.3. The molecule has 7 heteroatoms. The number of nitrogens with zero attached hydrogens (tertiary/aromatic N) is 3. The Balaban J connectivity index is 1.99. The minimum absolute atomic E-state index is 0.418. The molecule has 0 aromatic carbocycles. The number of anilines is 1. The van der Waals surface area contributed by atoms with Crippen molar-refractivity contribution in [1.82, 2.24) is 15.1 Å². The number of pyridine rings is 1. The molecule has 3 rings (SSSR count). The summed E-state index contributed by atoms with van der Waals surface area (Å²) < 4.78 is 6.14. The zero-order chi connectivity index (χ0) is 13.4. The predicted octanol–water partition coefficient (Wildman–Crippen LogP) is 3.51. The maximum atomic E-state index is 5.91. The van der Waals surface area contributed by atoms with Crippen LogP contribution >= 0.6 is 27.3 Å². The molecule has 0 aliphatic rings. The van der Waals surface area contributed by atoms with Crippen molar-refractivity contribution in [3.63, 3.8) is 0 Å². The van der Waals surface area contributed by atoms with Gasteiger partial charge in [0.2, 0.25) is 5.82 Å². The molecule has 2 N–H and O–H groups in total. The fraction of sp³-hybridized carbons (Fsp3) is 0.0833. The highest BCUT2D eigenvalue weighted by Crippen LogP contribution is 2.33. The van der Waals surface area contributed by atoms with Crippen molar-refractivity contribution in [2.45, 2.75) is 6.92 Å². The second kappa shape index (κ2) is 4.75. The minimum Gasteiger partial charge on any atom is -0.390 e. The molecule has 0 atom stereocenters. The molecule has 5 nitrogen and oxygen atoms in total. The number of thiophene rings is 1. The van der Waals surface area contributed by atoms with E-state index < -0.39 is 0 Å². The first-order valence-corrected chi connectivity index (χ1v) is 7.06. The van der Waals surface area contributed by atoms with Crippen molar-refractivity contribution in [2.24, 2.45) is 0 Å². The Morgan fingerprint density at radius 3 is 2.84 bits per heavy atom. The van der Waals surface area contributed by atoms with E-state index in [-0.39, 0.29) is 0 Å². The van der Waals surface area contributed by atoms with Gasteiger partial charge in [0.1, 0.15) is 5.69 Å². The van der Waals surface area contributed by atoms with Crippen LogP contribution in [-0.2, 0) is 0 Å². The molecular weight excluding hydrogens is 328 g/mol. The molecule has 3 heterocycles. The molecule has 3 aromatic heterocycles. The standard InChI is InChI=1S/C12H9BrN4OS/c1-6-4-8(10(14)19-6)12-16-11(17-18-12)9-3-2-7(13)5-15-9/h2-5H,14H2,1H3. The fourth-order valence-corrected chi connectivity index (χ4v) is 2.66. The number of aryl methyl sites for hydroxylation is 1. The molecule has 0 aliphatic heterocycles. The van der Waals surface area contributed by atoms with Crippen molar-refractivity contribution >= 4 is 32.3 Å². The van der Waals surface area contributed by atoms with E-state index >= 15 is 0 Å². The molecule has 19 heavy (non-hydrogen) atoms. The molecule has 0 bridgehead atoms. The maximum absolute atomic E-state index is 5.91. The van der Waals surface area contributed by atoms with E-state index in [9.17, 15) is 0 Å². The third kappa shape index (κ3) is 2.39. The van der Waals surface area contributed by atoms with Crippen LogP contribution in [0.5, 0.6) is 0 Å². The summed E-state index contributed by atoms with van der Waals surface area (Å²) in [5.74, 6) is 0.868. The van der Waals surface area contributed by atoms with Crippen LogP contribution in [-0.4, -0.2) is 15.1 Å². The minimum atomic E-state index is 0.418. The van der Waals surface area contributed by atoms with Crippen LogP contribution in [0.15, 0.2) is 33.4 Å². The lowest BCUT2D eigenvalue weighted by Crippen LogP contribution is -1.86. The Hall–Kier alpha value is -1.73. The van der Waals surface area contributed by atoms with E-state index in [1.807, 2.05) is 25.1 Å². The third-order valence-electron chi connectivity index (χ3n) is 2.50. The summed E-state index contributed by atoms with van der Waals surface area (Å²) in [6.07, 6.45) is 1.69. The number of halogens is 1. The monoisotopic (exact) mass is 336 g/mol. The van der Waals surface area contributed by atoms with Gasteiger partial charge in [0.15, 0.2) is 0 Å². The van der Waals surface area contributed by atoms with E-state index in [4.69, 9.17) is 10.3 Å². The fourth-order valence-electron chi connectivity index (χ4n) is 1.64. The number of nitrogen functional groups attached to an aromatic ring is 1. The van der Waals surface area contributed by atoms with Crippen molar-refractivity contribution in [2.75, 3.05) is 5.73 Å². The molecule has 0 saturated heterocycles. The quantitative estimate of drug-likeness (QED) is 0.774. The van der Waals surface area contributed by atoms with Gasteiger partial charge in [0.05, 0.1) is 10.6 Å². The van der Waals surface area contributed by atoms with Gasteiger partial charge in [-0.15, -0.1) is 11.3 Å². The first kappa shape index (κ1) is 12.3. The molecule has 0 fully saturated rings. The van der Waals surface area contributed by atoms with Gasteiger partial charge in [0, 0.05) is 15.5 Å². The molecule has 0 saturated carbocycles. The van der Waals surface area contributed by atoms with Gasteiger partial charge >= 0.3 is 0 Å². The van der Waals surface area contributed by atoms with Crippen molar-refractivity contribution in [1.29, 1.82) is 0 Å². The van der Waals surface area contributed by atoms with Crippen LogP contribution in [0.3, 0.4) is 0 Å². The smallest absolute Gasteiger partial charge is 0.261 e. The topological polar surface area (TPSA) is 77.8 Å². The van der Waals surface area contributed by atoms with Crippen molar-refractivity contribution in [3.05, 3.63) is 33.7 Å². The highest BCUT2D eigenvalue weighted by atomic mass is 79.9. The summed E-state index contributed by atoms with van der Waals surface area (Å²) >= 11 is 4.83. The number of nitrogens with two attached hydrogens (primary N) is 1. The zero-order valence-electron chi connectivity index (χ0n) is 9.92. The van der Waals surface area contributed by atoms with Crippen LogP contribution in [0.1, 0.15) is 4.88 Å². The normalized spacial score (nSPS) is 10.8. The predicted molar refractivity (Wildman–Crippen MR) is 77.7 cm³/mol. The van der Waals surface area contributed by atoms with Crippen LogP contribution < -0.4 is 5.73 Å². The molecular formula is C12H9BrN4OS. The van der Waals surface area contributed by atoms with Crippen LogP contribution in [0, 0.1) is 6.92 Å². The summed E-state index contributed by atoms with van der Waals surface area (Å²) in [5.41, 5.74) is 7.34. The molecule has 3 aromatic rings. The summed E-state index contributed by atoms with van der Waals surface area (Å²) in [7, 11) is 0. The van der Waals surface area contributed by atoms with E-state index in [1.165, 1.54) is 11.3 Å². The first-order valence-electron chi connectivity index (χ1n) is 5.45. The number of aromatic nitrogens is 3. The number of rotatable bonds is 2. The largest absolute Gasteiger partial charge is 0.390 e. The Labute approximate surface area is 121 Å². The SMILES string of the molecule is Cc1cc(-c2nc(-c3ccc(Br)cn3)no2)c(N)s1. The van der Waals surface area contributed by atoms with E-state index in [0.29, 0.717) is 22.4 Å². The molecule has 0 amide bonds. The highest BCUT2D eigenvalue weighted by molar-refractivity contribution is 9.10. The molecule has 0 radical (unpaired) electrons.